The zero-order valence-electron chi connectivity index (χ0n) is 17.7. The van der Waals surface area contributed by atoms with Crippen molar-refractivity contribution in [2.75, 3.05) is 4.72 Å². The molecule has 2 heterocycles. The molecule has 0 saturated heterocycles. The Morgan fingerprint density at radius 2 is 1.87 bits per heavy atom. The van der Waals surface area contributed by atoms with Crippen LogP contribution in [0.2, 0.25) is 0 Å². The smallest absolute Gasteiger partial charge is 0.263 e. The molecule has 0 radical (unpaired) electrons. The van der Waals surface area contributed by atoms with Gasteiger partial charge in [-0.25, -0.2) is 18.1 Å². The summed E-state index contributed by atoms with van der Waals surface area (Å²) in [6, 6.07) is 13.7. The van der Waals surface area contributed by atoms with Gasteiger partial charge in [0.2, 0.25) is 0 Å². The van der Waals surface area contributed by atoms with Gasteiger partial charge < -0.3 is 0 Å². The zero-order valence-corrected chi connectivity index (χ0v) is 18.5. The van der Waals surface area contributed by atoms with Gasteiger partial charge in [0.1, 0.15) is 0 Å². The van der Waals surface area contributed by atoms with E-state index in [0.717, 1.165) is 29.3 Å². The Kier molecular flexibility index (Phi) is 5.49. The Morgan fingerprint density at radius 1 is 1.13 bits per heavy atom. The molecule has 2 aromatic carbocycles. The lowest BCUT2D eigenvalue weighted by Gasteiger charge is -2.07. The fraction of sp³-hybridized carbons (Fsp3) is 0.261. The van der Waals surface area contributed by atoms with Crippen molar-refractivity contribution in [2.24, 2.45) is 0 Å². The molecule has 0 aliphatic carbocycles. The molecule has 0 amide bonds. The van der Waals surface area contributed by atoms with Crippen molar-refractivity contribution in [2.45, 2.75) is 45.1 Å². The number of hydrogen-bond donors (Lipinski definition) is 1. The number of aryl methyl sites for hydroxylation is 2. The molecule has 1 N–H and O–H groups in total. The molecule has 0 atom stereocenters. The number of rotatable bonds is 7. The van der Waals surface area contributed by atoms with Crippen molar-refractivity contribution in [3.8, 4) is 0 Å². The van der Waals surface area contributed by atoms with Gasteiger partial charge in [0.15, 0.2) is 17.2 Å². The topological polar surface area (TPSA) is 94.0 Å². The first-order valence-corrected chi connectivity index (χ1v) is 11.7. The average molecular weight is 437 g/mol. The third-order valence-electron chi connectivity index (χ3n) is 5.27. The van der Waals surface area contributed by atoms with Crippen molar-refractivity contribution in [3.63, 3.8) is 0 Å². The molecule has 160 valence electrons. The summed E-state index contributed by atoms with van der Waals surface area (Å²) in [5, 5.41) is 6.12. The largest absolute Gasteiger partial charge is 0.295 e. The molecular formula is C23H24N4O3S. The number of aromatic nitrogens is 3. The predicted octanol–water partition coefficient (Wildman–Crippen LogP) is 4.70. The molecule has 0 bridgehead atoms. The van der Waals surface area contributed by atoms with Crippen molar-refractivity contribution in [1.29, 1.82) is 0 Å². The highest BCUT2D eigenvalue weighted by Gasteiger charge is 2.21. The summed E-state index contributed by atoms with van der Waals surface area (Å²) in [6.45, 7) is 6.18. The summed E-state index contributed by atoms with van der Waals surface area (Å²) in [4.78, 5) is 16.4. The minimum absolute atomic E-state index is 0.0679. The first-order valence-electron chi connectivity index (χ1n) is 10.2. The van der Waals surface area contributed by atoms with Crippen LogP contribution in [0.5, 0.6) is 0 Å². The second-order valence-corrected chi connectivity index (χ2v) is 9.30. The average Bonchev–Trinajstić information content (AvgIpc) is 3.07. The summed E-state index contributed by atoms with van der Waals surface area (Å²) in [6.07, 6.45) is 1.89. The molecule has 0 aliphatic heterocycles. The predicted molar refractivity (Wildman–Crippen MR) is 122 cm³/mol. The van der Waals surface area contributed by atoms with Gasteiger partial charge in [-0.1, -0.05) is 43.7 Å². The number of anilines is 1. The molecule has 0 unspecified atom stereocenters. The lowest BCUT2D eigenvalue weighted by atomic mass is 10.1. The molecular weight excluding hydrogens is 412 g/mol. The van der Waals surface area contributed by atoms with Gasteiger partial charge in [-0.15, -0.1) is 0 Å². The van der Waals surface area contributed by atoms with Gasteiger partial charge in [0, 0.05) is 17.5 Å². The van der Waals surface area contributed by atoms with Crippen LogP contribution < -0.4 is 4.72 Å². The maximum Gasteiger partial charge on any atom is 0.263 e. The maximum absolute atomic E-state index is 13.0. The molecule has 7 nitrogen and oxygen atoms in total. The highest BCUT2D eigenvalue weighted by atomic mass is 32.2. The van der Waals surface area contributed by atoms with E-state index in [-0.39, 0.29) is 16.5 Å². The van der Waals surface area contributed by atoms with Crippen LogP contribution >= 0.6 is 0 Å². The van der Waals surface area contributed by atoms with E-state index in [9.17, 15) is 13.2 Å². The van der Waals surface area contributed by atoms with Crippen molar-refractivity contribution in [1.82, 2.24) is 14.8 Å². The van der Waals surface area contributed by atoms with E-state index < -0.39 is 10.0 Å². The number of ketones is 1. The number of fused-ring (bicyclic) bond motifs is 2. The van der Waals surface area contributed by atoms with E-state index in [1.54, 1.807) is 4.68 Å². The third kappa shape index (κ3) is 4.03. The Bertz CT molecular complexity index is 1390. The lowest BCUT2D eigenvalue weighted by Crippen LogP contribution is -2.14. The monoisotopic (exact) mass is 436 g/mol. The summed E-state index contributed by atoms with van der Waals surface area (Å²) in [5.41, 5.74) is 3.04. The van der Waals surface area contributed by atoms with Crippen molar-refractivity contribution < 1.29 is 13.2 Å². The first kappa shape index (κ1) is 21.0. The van der Waals surface area contributed by atoms with E-state index in [1.807, 2.05) is 31.2 Å². The number of benzene rings is 2. The number of hydrogen-bond acceptors (Lipinski definition) is 5. The molecule has 0 fully saturated rings. The van der Waals surface area contributed by atoms with Crippen LogP contribution in [0.1, 0.15) is 42.6 Å². The molecule has 2 aromatic heterocycles. The number of sulfonamides is 1. The Hall–Kier alpha value is -3.26. The van der Waals surface area contributed by atoms with E-state index in [1.165, 1.54) is 31.2 Å². The Balaban J connectivity index is 1.81. The maximum atomic E-state index is 13.0. The second-order valence-electron chi connectivity index (χ2n) is 7.62. The number of carbonyl (C=O) groups excluding carboxylic acids is 1. The first-order chi connectivity index (χ1) is 14.8. The lowest BCUT2D eigenvalue weighted by molar-refractivity contribution is 0.101. The Morgan fingerprint density at radius 3 is 2.55 bits per heavy atom. The van der Waals surface area contributed by atoms with Gasteiger partial charge in [-0.05, 0) is 44.0 Å². The summed E-state index contributed by atoms with van der Waals surface area (Å²) >= 11 is 0. The summed E-state index contributed by atoms with van der Waals surface area (Å²) < 4.78 is 30.4. The van der Waals surface area contributed by atoms with Crippen LogP contribution in [0.25, 0.3) is 21.9 Å². The van der Waals surface area contributed by atoms with E-state index in [4.69, 9.17) is 4.98 Å². The quantitative estimate of drug-likeness (QED) is 0.424. The standard InChI is InChI=1S/C23H24N4O3S/c1-4-5-13-27-23-20(14-18-8-6-7-15(2)21(18)24-23)22(25-27)26-31(29,30)19-11-9-17(10-12-19)16(3)28/h6-12,14H,4-5,13H2,1-3H3,(H,25,26). The fourth-order valence-corrected chi connectivity index (χ4v) is 4.54. The van der Waals surface area contributed by atoms with Crippen LogP contribution in [-0.2, 0) is 16.6 Å². The van der Waals surface area contributed by atoms with Gasteiger partial charge >= 0.3 is 0 Å². The van der Waals surface area contributed by atoms with Crippen LogP contribution in [0.4, 0.5) is 5.82 Å². The van der Waals surface area contributed by atoms with Crippen LogP contribution in [0.3, 0.4) is 0 Å². The number of carbonyl (C=O) groups is 1. The molecule has 4 aromatic rings. The molecule has 4 rings (SSSR count). The molecule has 0 saturated carbocycles. The Labute approximate surface area is 181 Å². The highest BCUT2D eigenvalue weighted by molar-refractivity contribution is 7.92. The summed E-state index contributed by atoms with van der Waals surface area (Å²) in [5.74, 6) is 0.128. The van der Waals surface area contributed by atoms with E-state index in [2.05, 4.69) is 16.7 Å². The van der Waals surface area contributed by atoms with Crippen molar-refractivity contribution in [3.05, 3.63) is 59.7 Å². The SMILES string of the molecule is CCCCn1nc(NS(=O)(=O)c2ccc(C(C)=O)cc2)c2cc3cccc(C)c3nc21. The summed E-state index contributed by atoms with van der Waals surface area (Å²) in [7, 11) is -3.88. The van der Waals surface area contributed by atoms with E-state index in [0.29, 0.717) is 23.1 Å². The fourth-order valence-electron chi connectivity index (χ4n) is 3.52. The van der Waals surface area contributed by atoms with Gasteiger partial charge in [-0.3, -0.25) is 9.52 Å². The number of Topliss-reactive ketones (excluding diaryl/α,β-unsaturated/α-hetero) is 1. The molecule has 0 aliphatic rings. The van der Waals surface area contributed by atoms with E-state index >= 15 is 0 Å². The molecule has 0 spiro atoms. The zero-order chi connectivity index (χ0) is 22.2. The van der Waals surface area contributed by atoms with Crippen molar-refractivity contribution >= 4 is 43.6 Å². The van der Waals surface area contributed by atoms with Gasteiger partial charge in [-0.2, -0.15) is 5.10 Å². The molecule has 31 heavy (non-hydrogen) atoms. The highest BCUT2D eigenvalue weighted by Crippen LogP contribution is 2.29. The third-order valence-corrected chi connectivity index (χ3v) is 6.63. The van der Waals surface area contributed by atoms with Crippen LogP contribution in [0, 0.1) is 6.92 Å². The number of nitrogens with one attached hydrogen (secondary N) is 1. The van der Waals surface area contributed by atoms with Gasteiger partial charge in [0.05, 0.1) is 15.8 Å². The number of pyridine rings is 1. The van der Waals surface area contributed by atoms with Crippen LogP contribution in [0.15, 0.2) is 53.4 Å². The number of para-hydroxylation sites is 1. The number of nitrogens with zero attached hydrogens (tertiary/aromatic N) is 3. The second kappa shape index (κ2) is 8.11. The van der Waals surface area contributed by atoms with Gasteiger partial charge in [0.25, 0.3) is 10.0 Å². The number of unbranched alkanes of at least 4 members (excludes halogenated alkanes) is 1. The normalized spacial score (nSPS) is 11.8. The minimum Gasteiger partial charge on any atom is -0.295 e. The minimum atomic E-state index is -3.88. The van der Waals surface area contributed by atoms with Crippen LogP contribution in [-0.4, -0.2) is 29.0 Å². The molecule has 8 heteroatoms.